The summed E-state index contributed by atoms with van der Waals surface area (Å²) < 4.78 is 0. The van der Waals surface area contributed by atoms with Crippen molar-refractivity contribution in [3.05, 3.63) is 0 Å². The molecule has 1 heterocycles. The highest BCUT2D eigenvalue weighted by Gasteiger charge is 2.46. The minimum absolute atomic E-state index is 0.0187. The Morgan fingerprint density at radius 3 is 2.50 bits per heavy atom. The number of carbonyl (C=O) groups is 2. The second-order valence-corrected chi connectivity index (χ2v) is 6.38. The van der Waals surface area contributed by atoms with Crippen LogP contribution in [-0.2, 0) is 9.59 Å². The van der Waals surface area contributed by atoms with Gasteiger partial charge in [-0.05, 0) is 26.0 Å². The van der Waals surface area contributed by atoms with Gasteiger partial charge in [-0.2, -0.15) is 11.8 Å². The number of hydrogen-bond donors (Lipinski definition) is 1. The van der Waals surface area contributed by atoms with Crippen molar-refractivity contribution >= 4 is 23.6 Å². The van der Waals surface area contributed by atoms with Crippen molar-refractivity contribution in [3.63, 3.8) is 0 Å². The van der Waals surface area contributed by atoms with E-state index >= 15 is 0 Å². The van der Waals surface area contributed by atoms with Crippen LogP contribution in [0.3, 0.4) is 0 Å². The van der Waals surface area contributed by atoms with Crippen molar-refractivity contribution in [1.82, 2.24) is 10.2 Å². The lowest BCUT2D eigenvalue weighted by Crippen LogP contribution is -2.69. The second kappa shape index (κ2) is 5.95. The molecule has 1 aliphatic rings. The first-order valence-corrected chi connectivity index (χ1v) is 7.84. The third kappa shape index (κ3) is 2.82. The van der Waals surface area contributed by atoms with E-state index in [1.807, 2.05) is 27.0 Å². The first kappa shape index (κ1) is 15.3. The van der Waals surface area contributed by atoms with E-state index in [-0.39, 0.29) is 17.9 Å². The number of carbonyl (C=O) groups excluding carboxylic acids is 2. The Bertz CT molecular complexity index is 335. The molecule has 2 amide bonds. The van der Waals surface area contributed by atoms with Crippen molar-refractivity contribution in [2.24, 2.45) is 0 Å². The smallest absolute Gasteiger partial charge is 0.248 e. The zero-order valence-corrected chi connectivity index (χ0v) is 12.8. The molecule has 0 saturated carbocycles. The molecule has 0 aromatic carbocycles. The van der Waals surface area contributed by atoms with Crippen LogP contribution >= 0.6 is 11.8 Å². The third-order valence-corrected chi connectivity index (χ3v) is 4.71. The van der Waals surface area contributed by atoms with Crippen molar-refractivity contribution < 1.29 is 9.59 Å². The molecule has 1 fully saturated rings. The quantitative estimate of drug-likeness (QED) is 0.828. The van der Waals surface area contributed by atoms with Crippen LogP contribution in [0.5, 0.6) is 0 Å². The van der Waals surface area contributed by atoms with E-state index in [1.165, 1.54) is 0 Å². The van der Waals surface area contributed by atoms with Crippen molar-refractivity contribution in [2.45, 2.75) is 57.4 Å². The summed E-state index contributed by atoms with van der Waals surface area (Å²) in [5.41, 5.74) is -0.735. The first-order chi connectivity index (χ1) is 8.39. The molecule has 0 aromatic rings. The molecule has 0 aromatic heterocycles. The SMILES string of the molecule is CCC1C(=O)NC(C)(CC)C(=O)N1CC(C)SC. The lowest BCUT2D eigenvalue weighted by molar-refractivity contribution is -0.154. The molecule has 5 heteroatoms. The van der Waals surface area contributed by atoms with Gasteiger partial charge in [-0.25, -0.2) is 0 Å². The van der Waals surface area contributed by atoms with E-state index in [1.54, 1.807) is 16.7 Å². The fourth-order valence-electron chi connectivity index (χ4n) is 2.22. The van der Waals surface area contributed by atoms with Crippen molar-refractivity contribution in [2.75, 3.05) is 12.8 Å². The monoisotopic (exact) mass is 272 g/mol. The van der Waals surface area contributed by atoms with Crippen molar-refractivity contribution in [3.8, 4) is 0 Å². The summed E-state index contributed by atoms with van der Waals surface area (Å²) in [4.78, 5) is 26.4. The summed E-state index contributed by atoms with van der Waals surface area (Å²) in [6, 6.07) is -0.313. The third-order valence-electron chi connectivity index (χ3n) is 3.76. The zero-order chi connectivity index (χ0) is 13.9. The van der Waals surface area contributed by atoms with Crippen LogP contribution in [0.2, 0.25) is 0 Å². The van der Waals surface area contributed by atoms with Gasteiger partial charge in [0, 0.05) is 11.8 Å². The number of nitrogens with zero attached hydrogens (tertiary/aromatic N) is 1. The van der Waals surface area contributed by atoms with E-state index in [0.29, 0.717) is 24.6 Å². The Hall–Kier alpha value is -0.710. The molecule has 1 saturated heterocycles. The molecule has 0 spiro atoms. The van der Waals surface area contributed by atoms with Gasteiger partial charge in [0.25, 0.3) is 0 Å². The lowest BCUT2D eigenvalue weighted by atomic mass is 9.91. The van der Waals surface area contributed by atoms with Gasteiger partial charge >= 0.3 is 0 Å². The molecule has 0 aliphatic carbocycles. The zero-order valence-electron chi connectivity index (χ0n) is 11.9. The molecule has 3 atom stereocenters. The summed E-state index contributed by atoms with van der Waals surface area (Å²) >= 11 is 1.72. The highest BCUT2D eigenvalue weighted by molar-refractivity contribution is 7.99. The van der Waals surface area contributed by atoms with Gasteiger partial charge < -0.3 is 10.2 Å². The largest absolute Gasteiger partial charge is 0.340 e. The Kier molecular flexibility index (Phi) is 5.08. The van der Waals surface area contributed by atoms with Crippen LogP contribution in [0.15, 0.2) is 0 Å². The first-order valence-electron chi connectivity index (χ1n) is 6.55. The fourth-order valence-corrected chi connectivity index (χ4v) is 2.53. The molecular weight excluding hydrogens is 248 g/mol. The molecule has 18 heavy (non-hydrogen) atoms. The van der Waals surface area contributed by atoms with E-state index in [9.17, 15) is 9.59 Å². The molecule has 1 N–H and O–H groups in total. The Labute approximate surface area is 114 Å². The van der Waals surface area contributed by atoms with Crippen LogP contribution in [0, 0.1) is 0 Å². The second-order valence-electron chi connectivity index (χ2n) is 5.10. The van der Waals surface area contributed by atoms with E-state index < -0.39 is 5.54 Å². The summed E-state index contributed by atoms with van der Waals surface area (Å²) in [6.45, 7) is 8.42. The predicted octanol–water partition coefficient (Wildman–Crippen LogP) is 1.64. The number of hydrogen-bond acceptors (Lipinski definition) is 3. The van der Waals surface area contributed by atoms with Crippen LogP contribution in [0.25, 0.3) is 0 Å². The topological polar surface area (TPSA) is 49.4 Å². The van der Waals surface area contributed by atoms with E-state index in [4.69, 9.17) is 0 Å². The highest BCUT2D eigenvalue weighted by atomic mass is 32.2. The molecule has 0 radical (unpaired) electrons. The fraction of sp³-hybridized carbons (Fsp3) is 0.846. The number of amides is 2. The highest BCUT2D eigenvalue weighted by Crippen LogP contribution is 2.24. The maximum absolute atomic E-state index is 12.5. The minimum atomic E-state index is -0.735. The molecule has 3 unspecified atom stereocenters. The van der Waals surface area contributed by atoms with Crippen LogP contribution in [0.4, 0.5) is 0 Å². The van der Waals surface area contributed by atoms with Gasteiger partial charge in [0.15, 0.2) is 0 Å². The average Bonchev–Trinajstić information content (AvgIpc) is 2.35. The molecule has 104 valence electrons. The number of rotatable bonds is 5. The van der Waals surface area contributed by atoms with Gasteiger partial charge in [0.1, 0.15) is 11.6 Å². The molecule has 1 aliphatic heterocycles. The van der Waals surface area contributed by atoms with Gasteiger partial charge in [-0.3, -0.25) is 9.59 Å². The normalized spacial score (nSPS) is 30.3. The van der Waals surface area contributed by atoms with E-state index in [2.05, 4.69) is 12.2 Å². The van der Waals surface area contributed by atoms with Crippen molar-refractivity contribution in [1.29, 1.82) is 0 Å². The van der Waals surface area contributed by atoms with Gasteiger partial charge in [0.05, 0.1) is 0 Å². The van der Waals surface area contributed by atoms with Crippen LogP contribution in [-0.4, -0.2) is 46.3 Å². The lowest BCUT2D eigenvalue weighted by Gasteiger charge is -2.44. The molecule has 0 bridgehead atoms. The molecular formula is C13H24N2O2S. The summed E-state index contributed by atoms with van der Waals surface area (Å²) in [6.07, 6.45) is 3.32. The van der Waals surface area contributed by atoms with Gasteiger partial charge in [-0.1, -0.05) is 20.8 Å². The maximum atomic E-state index is 12.5. The standard InChI is InChI=1S/C13H24N2O2S/c1-6-10-11(16)14-13(4,7-2)12(17)15(10)8-9(3)18-5/h9-10H,6-8H2,1-5H3,(H,14,16). The van der Waals surface area contributed by atoms with Gasteiger partial charge in [0.2, 0.25) is 11.8 Å². The van der Waals surface area contributed by atoms with Gasteiger partial charge in [-0.15, -0.1) is 0 Å². The predicted molar refractivity (Wildman–Crippen MR) is 75.6 cm³/mol. The van der Waals surface area contributed by atoms with Crippen LogP contribution in [0.1, 0.15) is 40.5 Å². The average molecular weight is 272 g/mol. The number of piperazine rings is 1. The number of thioether (sulfide) groups is 1. The Morgan fingerprint density at radius 1 is 1.44 bits per heavy atom. The summed E-state index contributed by atoms with van der Waals surface area (Å²) in [5.74, 6) is 0.0344. The Balaban J connectivity index is 2.98. The summed E-state index contributed by atoms with van der Waals surface area (Å²) in [7, 11) is 0. The van der Waals surface area contributed by atoms with Crippen LogP contribution < -0.4 is 5.32 Å². The Morgan fingerprint density at radius 2 is 2.06 bits per heavy atom. The number of nitrogens with one attached hydrogen (secondary N) is 1. The maximum Gasteiger partial charge on any atom is 0.248 e. The summed E-state index contributed by atoms with van der Waals surface area (Å²) in [5, 5.41) is 3.22. The molecule has 1 rings (SSSR count). The van der Waals surface area contributed by atoms with E-state index in [0.717, 1.165) is 0 Å². The minimum Gasteiger partial charge on any atom is -0.340 e. The molecule has 4 nitrogen and oxygen atoms in total.